The van der Waals surface area contributed by atoms with Crippen LogP contribution in [0.1, 0.15) is 23.2 Å². The molecule has 0 amide bonds. The van der Waals surface area contributed by atoms with Crippen LogP contribution in [0.5, 0.6) is 5.75 Å². The first kappa shape index (κ1) is 14.5. The molecule has 0 heterocycles. The zero-order valence-electron chi connectivity index (χ0n) is 9.23. The van der Waals surface area contributed by atoms with Gasteiger partial charge in [0.05, 0.1) is 12.2 Å². The normalized spacial score (nSPS) is 12.1. The number of hydrogen-bond acceptors (Lipinski definition) is 2. The van der Waals surface area contributed by atoms with Gasteiger partial charge in [0.15, 0.2) is 0 Å². The van der Waals surface area contributed by atoms with E-state index >= 15 is 0 Å². The van der Waals surface area contributed by atoms with Crippen LogP contribution in [0.15, 0.2) is 24.3 Å². The molecule has 5 heteroatoms. The molecule has 1 atom stereocenters. The molecule has 0 radical (unpaired) electrons. The second kappa shape index (κ2) is 7.71. The van der Waals surface area contributed by atoms with Crippen LogP contribution in [-0.4, -0.2) is 27.8 Å². The lowest BCUT2D eigenvalue weighted by Crippen LogP contribution is -2.04. The molecule has 1 aromatic carbocycles. The van der Waals surface area contributed by atoms with E-state index in [-0.39, 0.29) is 5.56 Å². The largest absolute Gasteiger partial charge is 0.494 e. The maximum Gasteiger partial charge on any atom is 0.335 e. The Kier molecular flexibility index (Phi) is 6.58. The van der Waals surface area contributed by atoms with Gasteiger partial charge in [-0.3, -0.25) is 0 Å². The van der Waals surface area contributed by atoms with Gasteiger partial charge in [0, 0.05) is 10.2 Å². The Balaban J connectivity index is 2.30. The number of carboxylic acid groups (broad SMARTS) is 1. The van der Waals surface area contributed by atoms with Crippen LogP contribution in [0.2, 0.25) is 0 Å². The minimum atomic E-state index is -0.920. The van der Waals surface area contributed by atoms with E-state index in [4.69, 9.17) is 9.84 Å². The Bertz CT molecular complexity index is 351. The number of carbonyl (C=O) groups is 1. The van der Waals surface area contributed by atoms with Gasteiger partial charge in [-0.25, -0.2) is 4.79 Å². The van der Waals surface area contributed by atoms with Crippen LogP contribution in [0.4, 0.5) is 0 Å². The monoisotopic (exact) mass is 364 g/mol. The summed E-state index contributed by atoms with van der Waals surface area (Å²) in [5.41, 5.74) is 0.275. The molecule has 0 saturated heterocycles. The highest BCUT2D eigenvalue weighted by Crippen LogP contribution is 2.14. The lowest BCUT2D eigenvalue weighted by atomic mass is 10.2. The molecule has 0 fully saturated rings. The summed E-state index contributed by atoms with van der Waals surface area (Å²) in [6.45, 7) is 0.640. The average molecular weight is 366 g/mol. The Morgan fingerprint density at radius 3 is 2.53 bits per heavy atom. The number of aromatic carboxylic acids is 1. The van der Waals surface area contributed by atoms with Crippen molar-refractivity contribution in [3.05, 3.63) is 29.8 Å². The number of benzene rings is 1. The van der Waals surface area contributed by atoms with Gasteiger partial charge < -0.3 is 9.84 Å². The van der Waals surface area contributed by atoms with Crippen molar-refractivity contribution in [1.82, 2.24) is 0 Å². The summed E-state index contributed by atoms with van der Waals surface area (Å²) in [4.78, 5) is 11.1. The van der Waals surface area contributed by atoms with Crippen molar-refractivity contribution >= 4 is 37.8 Å². The highest BCUT2D eigenvalue weighted by atomic mass is 79.9. The molecule has 0 aliphatic carbocycles. The summed E-state index contributed by atoms with van der Waals surface area (Å²) >= 11 is 6.91. The second-order valence-electron chi connectivity index (χ2n) is 3.57. The highest BCUT2D eigenvalue weighted by Gasteiger charge is 2.03. The first-order chi connectivity index (χ1) is 8.13. The lowest BCUT2D eigenvalue weighted by molar-refractivity contribution is 0.0697. The van der Waals surface area contributed by atoms with Gasteiger partial charge >= 0.3 is 5.97 Å². The third kappa shape index (κ3) is 5.55. The van der Waals surface area contributed by atoms with Gasteiger partial charge in [0.25, 0.3) is 0 Å². The van der Waals surface area contributed by atoms with Crippen LogP contribution < -0.4 is 4.74 Å². The molecule has 0 aromatic heterocycles. The number of alkyl halides is 2. The number of hydrogen-bond donors (Lipinski definition) is 1. The smallest absolute Gasteiger partial charge is 0.335 e. The van der Waals surface area contributed by atoms with E-state index in [1.54, 1.807) is 24.3 Å². The van der Waals surface area contributed by atoms with E-state index in [2.05, 4.69) is 31.9 Å². The number of carboxylic acids is 1. The fraction of sp³-hybridized carbons (Fsp3) is 0.417. The van der Waals surface area contributed by atoms with Crippen molar-refractivity contribution in [2.24, 2.45) is 0 Å². The van der Waals surface area contributed by atoms with Gasteiger partial charge in [0.2, 0.25) is 0 Å². The van der Waals surface area contributed by atoms with Crippen LogP contribution in [-0.2, 0) is 0 Å². The molecule has 0 saturated carbocycles. The fourth-order valence-electron chi connectivity index (χ4n) is 1.27. The number of halogens is 2. The Morgan fingerprint density at radius 2 is 2.00 bits per heavy atom. The Morgan fingerprint density at radius 1 is 1.35 bits per heavy atom. The topological polar surface area (TPSA) is 46.5 Å². The average Bonchev–Trinajstić information content (AvgIpc) is 2.34. The molecule has 1 rings (SSSR count). The predicted octanol–water partition coefficient (Wildman–Crippen LogP) is 3.70. The minimum absolute atomic E-state index is 0.275. The third-order valence-corrected chi connectivity index (χ3v) is 4.63. The summed E-state index contributed by atoms with van der Waals surface area (Å²) in [6, 6.07) is 6.45. The molecular weight excluding hydrogens is 352 g/mol. The molecule has 0 spiro atoms. The van der Waals surface area contributed by atoms with Crippen molar-refractivity contribution in [3.8, 4) is 5.75 Å². The Hall–Kier alpha value is -0.550. The molecule has 3 nitrogen and oxygen atoms in total. The summed E-state index contributed by atoms with van der Waals surface area (Å²) in [7, 11) is 0. The van der Waals surface area contributed by atoms with Crippen molar-refractivity contribution in [2.75, 3.05) is 11.9 Å². The molecule has 94 valence electrons. The van der Waals surface area contributed by atoms with E-state index in [1.807, 2.05) is 0 Å². The molecular formula is C12H14Br2O3. The molecule has 1 unspecified atom stereocenters. The van der Waals surface area contributed by atoms with Crippen molar-refractivity contribution in [3.63, 3.8) is 0 Å². The zero-order chi connectivity index (χ0) is 12.7. The summed E-state index contributed by atoms with van der Waals surface area (Å²) in [6.07, 6.45) is 2.00. The van der Waals surface area contributed by atoms with Gasteiger partial charge in [0.1, 0.15) is 5.75 Å². The maximum absolute atomic E-state index is 10.6. The van der Waals surface area contributed by atoms with E-state index in [9.17, 15) is 4.79 Å². The van der Waals surface area contributed by atoms with E-state index in [0.717, 1.165) is 18.2 Å². The maximum atomic E-state index is 10.6. The van der Waals surface area contributed by atoms with Crippen molar-refractivity contribution in [1.29, 1.82) is 0 Å². The van der Waals surface area contributed by atoms with Crippen molar-refractivity contribution in [2.45, 2.75) is 17.7 Å². The highest BCUT2D eigenvalue weighted by molar-refractivity contribution is 9.12. The van der Waals surface area contributed by atoms with E-state index in [1.165, 1.54) is 0 Å². The second-order valence-corrected chi connectivity index (χ2v) is 5.51. The molecule has 1 aromatic rings. The molecule has 0 aliphatic heterocycles. The first-order valence-electron chi connectivity index (χ1n) is 5.29. The van der Waals surface area contributed by atoms with Gasteiger partial charge in [-0.05, 0) is 37.1 Å². The van der Waals surface area contributed by atoms with E-state index in [0.29, 0.717) is 17.2 Å². The summed E-state index contributed by atoms with van der Waals surface area (Å²) in [5, 5.41) is 9.66. The first-order valence-corrected chi connectivity index (χ1v) is 7.33. The van der Waals surface area contributed by atoms with E-state index < -0.39 is 5.97 Å². The van der Waals surface area contributed by atoms with Gasteiger partial charge in [-0.2, -0.15) is 0 Å². The van der Waals surface area contributed by atoms with Crippen LogP contribution in [0, 0.1) is 0 Å². The molecule has 0 aliphatic rings. The predicted molar refractivity (Wildman–Crippen MR) is 74.6 cm³/mol. The summed E-state index contributed by atoms with van der Waals surface area (Å²) < 4.78 is 5.51. The minimum Gasteiger partial charge on any atom is -0.494 e. The lowest BCUT2D eigenvalue weighted by Gasteiger charge is -2.08. The quantitative estimate of drug-likeness (QED) is 0.591. The standard InChI is InChI=1S/C12H14Br2O3/c13-8-10(14)2-1-7-17-11-5-3-9(4-6-11)12(15)16/h3-6,10H,1-2,7-8H2,(H,15,16). The van der Waals surface area contributed by atoms with Crippen molar-refractivity contribution < 1.29 is 14.6 Å². The van der Waals surface area contributed by atoms with Crippen LogP contribution in [0.25, 0.3) is 0 Å². The molecule has 17 heavy (non-hydrogen) atoms. The van der Waals surface area contributed by atoms with Gasteiger partial charge in [-0.1, -0.05) is 31.9 Å². The molecule has 1 N–H and O–H groups in total. The zero-order valence-corrected chi connectivity index (χ0v) is 12.4. The van der Waals surface area contributed by atoms with Crippen LogP contribution in [0.3, 0.4) is 0 Å². The van der Waals surface area contributed by atoms with Crippen LogP contribution >= 0.6 is 31.9 Å². The third-order valence-electron chi connectivity index (χ3n) is 2.20. The SMILES string of the molecule is O=C(O)c1ccc(OCCCC(Br)CBr)cc1. The number of rotatable bonds is 7. The fourth-order valence-corrected chi connectivity index (χ4v) is 1.91. The Labute approximate surface area is 117 Å². The summed E-state index contributed by atoms with van der Waals surface area (Å²) in [5.74, 6) is -0.212. The molecule has 0 bridgehead atoms. The van der Waals surface area contributed by atoms with Gasteiger partial charge in [-0.15, -0.1) is 0 Å². The number of ether oxygens (including phenoxy) is 1.